The van der Waals surface area contributed by atoms with E-state index < -0.39 is 6.09 Å². The molecule has 1 saturated heterocycles. The number of methoxy groups -OCH3 is 1. The largest absolute Gasteiger partial charge is 0.444 e. The van der Waals surface area contributed by atoms with Gasteiger partial charge in [-0.25, -0.2) is 9.69 Å². The molecule has 27 heavy (non-hydrogen) atoms. The molecule has 0 unspecified atom stereocenters. The number of carbonyl (C=O) groups excluding carboxylic acids is 2. The summed E-state index contributed by atoms with van der Waals surface area (Å²) < 4.78 is 10.5. The molecule has 1 N–H and O–H groups in total. The van der Waals surface area contributed by atoms with Crippen LogP contribution in [0.15, 0.2) is 71.9 Å². The molecule has 2 aromatic rings. The van der Waals surface area contributed by atoms with Crippen molar-refractivity contribution in [1.82, 2.24) is 4.90 Å². The van der Waals surface area contributed by atoms with Crippen LogP contribution >= 0.6 is 0 Å². The number of para-hydroxylation sites is 1. The number of anilines is 1. The highest BCUT2D eigenvalue weighted by molar-refractivity contribution is 6.05. The highest BCUT2D eigenvalue weighted by Crippen LogP contribution is 2.23. The lowest BCUT2D eigenvalue weighted by Gasteiger charge is -2.15. The minimum Gasteiger partial charge on any atom is -0.444 e. The predicted octanol–water partition coefficient (Wildman–Crippen LogP) is 3.57. The van der Waals surface area contributed by atoms with E-state index in [2.05, 4.69) is 5.32 Å². The first-order valence-corrected chi connectivity index (χ1v) is 8.74. The van der Waals surface area contributed by atoms with Crippen LogP contribution in [-0.4, -0.2) is 37.2 Å². The molecule has 2 aromatic carbocycles. The van der Waals surface area contributed by atoms with Gasteiger partial charge in [-0.05, 0) is 24.1 Å². The number of nitrogens with one attached hydrogen (secondary N) is 1. The van der Waals surface area contributed by atoms with Gasteiger partial charge >= 0.3 is 6.09 Å². The van der Waals surface area contributed by atoms with E-state index in [1.165, 1.54) is 0 Å². The summed E-state index contributed by atoms with van der Waals surface area (Å²) in [5.74, 6) is -0.344. The maximum Gasteiger partial charge on any atom is 0.417 e. The van der Waals surface area contributed by atoms with Gasteiger partial charge in [0.25, 0.3) is 5.91 Å². The Labute approximate surface area is 158 Å². The van der Waals surface area contributed by atoms with Gasteiger partial charge in [0, 0.05) is 24.9 Å². The van der Waals surface area contributed by atoms with Gasteiger partial charge in [-0.2, -0.15) is 0 Å². The molecule has 0 bridgehead atoms. The van der Waals surface area contributed by atoms with Crippen LogP contribution in [0, 0.1) is 0 Å². The molecule has 0 spiro atoms. The van der Waals surface area contributed by atoms with E-state index in [-0.39, 0.29) is 19.1 Å². The molecular formula is C21H22N2O4. The van der Waals surface area contributed by atoms with Crippen LogP contribution < -0.4 is 5.32 Å². The lowest BCUT2D eigenvalue weighted by molar-refractivity contribution is -0.123. The summed E-state index contributed by atoms with van der Waals surface area (Å²) in [6.07, 6.45) is -0.173. The monoisotopic (exact) mass is 366 g/mol. The fourth-order valence-corrected chi connectivity index (χ4v) is 2.89. The summed E-state index contributed by atoms with van der Waals surface area (Å²) in [5.41, 5.74) is 2.93. The second kappa shape index (κ2) is 9.00. The van der Waals surface area contributed by atoms with Gasteiger partial charge in [0.1, 0.15) is 6.61 Å². The number of likely N-dealkylation sites (tertiary alicyclic amines) is 1. The molecule has 0 atom stereocenters. The number of amides is 2. The zero-order chi connectivity index (χ0) is 19.1. The molecule has 0 radical (unpaired) electrons. The third-order valence-electron chi connectivity index (χ3n) is 4.24. The molecule has 0 saturated carbocycles. The minimum atomic E-state index is -0.629. The first-order chi connectivity index (χ1) is 13.2. The van der Waals surface area contributed by atoms with Crippen molar-refractivity contribution in [2.75, 3.05) is 25.6 Å². The molecule has 3 rings (SSSR count). The average molecular weight is 366 g/mol. The van der Waals surface area contributed by atoms with Crippen LogP contribution in [0.5, 0.6) is 0 Å². The molecule has 6 heteroatoms. The van der Waals surface area contributed by atoms with Crippen LogP contribution in [0.4, 0.5) is 10.5 Å². The van der Waals surface area contributed by atoms with Gasteiger partial charge in [0.15, 0.2) is 0 Å². The smallest absolute Gasteiger partial charge is 0.417 e. The van der Waals surface area contributed by atoms with E-state index in [0.29, 0.717) is 24.2 Å². The zero-order valence-corrected chi connectivity index (χ0v) is 15.2. The van der Waals surface area contributed by atoms with Gasteiger partial charge in [-0.1, -0.05) is 48.5 Å². The molecule has 6 nitrogen and oxygen atoms in total. The summed E-state index contributed by atoms with van der Waals surface area (Å²) in [6, 6.07) is 18.9. The Morgan fingerprint density at radius 3 is 2.41 bits per heavy atom. The highest BCUT2D eigenvalue weighted by atomic mass is 16.6. The van der Waals surface area contributed by atoms with Crippen LogP contribution in [0.25, 0.3) is 0 Å². The van der Waals surface area contributed by atoms with E-state index in [1.807, 2.05) is 60.7 Å². The van der Waals surface area contributed by atoms with E-state index >= 15 is 0 Å². The van der Waals surface area contributed by atoms with Crippen molar-refractivity contribution in [2.45, 2.75) is 13.0 Å². The van der Waals surface area contributed by atoms with E-state index in [1.54, 1.807) is 7.11 Å². The van der Waals surface area contributed by atoms with Gasteiger partial charge in [0.2, 0.25) is 0 Å². The molecule has 0 aliphatic carbocycles. The summed E-state index contributed by atoms with van der Waals surface area (Å²) in [5, 5.41) is 3.22. The molecule has 1 aliphatic rings. The SMILES string of the molecule is COC/C(Nc1ccccc1)=C1/CCN(C(=O)OCc2ccccc2)C1=O. The van der Waals surface area contributed by atoms with E-state index in [4.69, 9.17) is 9.47 Å². The van der Waals surface area contributed by atoms with E-state index in [0.717, 1.165) is 16.2 Å². The Balaban J connectivity index is 1.69. The Hall–Kier alpha value is -3.12. The Bertz CT molecular complexity index is 819. The van der Waals surface area contributed by atoms with Crippen molar-refractivity contribution in [2.24, 2.45) is 0 Å². The maximum absolute atomic E-state index is 12.7. The Morgan fingerprint density at radius 2 is 1.74 bits per heavy atom. The predicted molar refractivity (Wildman–Crippen MR) is 102 cm³/mol. The summed E-state index contributed by atoms with van der Waals surface area (Å²) in [6.45, 7) is 0.685. The van der Waals surface area contributed by atoms with Crippen LogP contribution in [0.1, 0.15) is 12.0 Å². The molecule has 140 valence electrons. The summed E-state index contributed by atoms with van der Waals surface area (Å²) in [7, 11) is 1.57. The summed E-state index contributed by atoms with van der Waals surface area (Å²) >= 11 is 0. The third kappa shape index (κ3) is 4.74. The number of nitrogens with zero attached hydrogens (tertiary/aromatic N) is 1. The Kier molecular flexibility index (Phi) is 6.22. The number of carbonyl (C=O) groups is 2. The second-order valence-corrected chi connectivity index (χ2v) is 6.13. The number of hydrogen-bond donors (Lipinski definition) is 1. The highest BCUT2D eigenvalue weighted by Gasteiger charge is 2.34. The number of rotatable bonds is 6. The second-order valence-electron chi connectivity index (χ2n) is 6.13. The minimum absolute atomic E-state index is 0.135. The van der Waals surface area contributed by atoms with Gasteiger partial charge < -0.3 is 14.8 Å². The van der Waals surface area contributed by atoms with Crippen LogP contribution in [0.2, 0.25) is 0 Å². The molecule has 2 amide bonds. The van der Waals surface area contributed by atoms with Crippen LogP contribution in [-0.2, 0) is 20.9 Å². The topological polar surface area (TPSA) is 67.9 Å². The Morgan fingerprint density at radius 1 is 1.07 bits per heavy atom. The van der Waals surface area contributed by atoms with Gasteiger partial charge in [0.05, 0.1) is 12.3 Å². The van der Waals surface area contributed by atoms with Crippen molar-refractivity contribution in [3.63, 3.8) is 0 Å². The number of imide groups is 1. The fourth-order valence-electron chi connectivity index (χ4n) is 2.89. The van der Waals surface area contributed by atoms with Crippen molar-refractivity contribution in [3.8, 4) is 0 Å². The first-order valence-electron chi connectivity index (χ1n) is 8.74. The van der Waals surface area contributed by atoms with Crippen LogP contribution in [0.3, 0.4) is 0 Å². The van der Waals surface area contributed by atoms with Crippen molar-refractivity contribution in [3.05, 3.63) is 77.5 Å². The van der Waals surface area contributed by atoms with Gasteiger partial charge in [-0.3, -0.25) is 4.79 Å². The number of ether oxygens (including phenoxy) is 2. The third-order valence-corrected chi connectivity index (χ3v) is 4.24. The maximum atomic E-state index is 12.7. The molecular weight excluding hydrogens is 344 g/mol. The average Bonchev–Trinajstić information content (AvgIpc) is 3.09. The number of benzene rings is 2. The molecule has 1 fully saturated rings. The lowest BCUT2D eigenvalue weighted by Crippen LogP contribution is -2.33. The first kappa shape index (κ1) is 18.7. The van der Waals surface area contributed by atoms with Gasteiger partial charge in [-0.15, -0.1) is 0 Å². The molecule has 0 aromatic heterocycles. The standard InChI is InChI=1S/C21H22N2O4/c1-26-15-19(22-17-10-6-3-7-11-17)18-12-13-23(20(18)24)21(25)27-14-16-8-4-2-5-9-16/h2-11,22H,12-15H2,1H3/b19-18+. The number of hydrogen-bond acceptors (Lipinski definition) is 5. The molecule has 1 aliphatic heterocycles. The summed E-state index contributed by atoms with van der Waals surface area (Å²) in [4.78, 5) is 26.2. The fraction of sp³-hybridized carbons (Fsp3) is 0.238. The zero-order valence-electron chi connectivity index (χ0n) is 15.2. The van der Waals surface area contributed by atoms with Crippen molar-refractivity contribution < 1.29 is 19.1 Å². The quantitative estimate of drug-likeness (QED) is 0.792. The molecule has 1 heterocycles. The lowest BCUT2D eigenvalue weighted by atomic mass is 10.1. The van der Waals surface area contributed by atoms with Crippen molar-refractivity contribution in [1.29, 1.82) is 0 Å². The van der Waals surface area contributed by atoms with Crippen molar-refractivity contribution >= 4 is 17.7 Å². The normalized spacial score (nSPS) is 15.6. The van der Waals surface area contributed by atoms with E-state index in [9.17, 15) is 9.59 Å².